The number of ether oxygens (including phenoxy) is 2. The lowest BCUT2D eigenvalue weighted by molar-refractivity contribution is 0.0570. The first-order valence-electron chi connectivity index (χ1n) is 9.43. The number of aryl methyl sites for hydroxylation is 1. The molecule has 0 aliphatic heterocycles. The van der Waals surface area contributed by atoms with Crippen LogP contribution in [-0.2, 0) is 33.3 Å². The first-order chi connectivity index (χ1) is 14.5. The van der Waals surface area contributed by atoms with Gasteiger partial charge in [0.05, 0.1) is 18.4 Å². The minimum Gasteiger partial charge on any atom is -0.445 e. The topological polar surface area (TPSA) is 132 Å². The van der Waals surface area contributed by atoms with Gasteiger partial charge >= 0.3 is 22.4 Å². The van der Waals surface area contributed by atoms with Gasteiger partial charge in [-0.25, -0.2) is 18.6 Å². The lowest BCUT2D eigenvalue weighted by Gasteiger charge is -2.25. The zero-order valence-corrected chi connectivity index (χ0v) is 18.7. The van der Waals surface area contributed by atoms with Crippen molar-refractivity contribution in [3.8, 4) is 0 Å². The second-order valence-electron chi connectivity index (χ2n) is 7.54. The molecule has 31 heavy (non-hydrogen) atoms. The first kappa shape index (κ1) is 24.0. The molecular weight excluding hydrogens is 426 g/mol. The van der Waals surface area contributed by atoms with Gasteiger partial charge in [0, 0.05) is 19.8 Å². The van der Waals surface area contributed by atoms with Gasteiger partial charge in [-0.1, -0.05) is 30.3 Å². The maximum atomic E-state index is 12.8. The third kappa shape index (κ3) is 8.16. The second-order valence-corrected chi connectivity index (χ2v) is 9.14. The highest BCUT2D eigenvalue weighted by molar-refractivity contribution is 7.91. The third-order valence-corrected chi connectivity index (χ3v) is 5.08. The number of aromatic nitrogens is 2. The Labute approximate surface area is 181 Å². The lowest BCUT2D eigenvalue weighted by atomic mass is 10.2. The van der Waals surface area contributed by atoms with Gasteiger partial charge in [-0.05, 0) is 26.3 Å². The molecule has 0 radical (unpaired) electrons. The Hall–Kier alpha value is -3.28. The number of alkyl carbamates (subject to hydrolysis) is 1. The van der Waals surface area contributed by atoms with Crippen LogP contribution in [0.4, 0.5) is 15.3 Å². The van der Waals surface area contributed by atoms with Gasteiger partial charge in [-0.2, -0.15) is 13.5 Å². The van der Waals surface area contributed by atoms with E-state index in [0.29, 0.717) is 0 Å². The summed E-state index contributed by atoms with van der Waals surface area (Å²) in [4.78, 5) is 23.9. The first-order valence-corrected chi connectivity index (χ1v) is 10.9. The van der Waals surface area contributed by atoms with Crippen LogP contribution < -0.4 is 14.3 Å². The summed E-state index contributed by atoms with van der Waals surface area (Å²) in [6.07, 6.45) is 0.966. The standard InChI is InChI=1S/C19H27N5O6S/c1-19(2,3)30-18(26)22-31(27,28)24(16-12-21-23(4)13-16)11-10-20-17(25)29-14-15-8-6-5-7-9-15/h5-9,12-13H,10-11,14H2,1-4H3,(H,20,25)(H,22,26). The summed E-state index contributed by atoms with van der Waals surface area (Å²) in [5.74, 6) is 0. The van der Waals surface area contributed by atoms with Crippen molar-refractivity contribution in [1.82, 2.24) is 19.8 Å². The summed E-state index contributed by atoms with van der Waals surface area (Å²) >= 11 is 0. The van der Waals surface area contributed by atoms with E-state index in [1.165, 1.54) is 17.1 Å². The second kappa shape index (κ2) is 10.2. The maximum absolute atomic E-state index is 12.8. The van der Waals surface area contributed by atoms with E-state index in [-0.39, 0.29) is 25.4 Å². The predicted molar refractivity (Wildman–Crippen MR) is 113 cm³/mol. The fourth-order valence-electron chi connectivity index (χ4n) is 2.42. The van der Waals surface area contributed by atoms with Crippen LogP contribution >= 0.6 is 0 Å². The third-order valence-electron chi connectivity index (χ3n) is 3.68. The quantitative estimate of drug-likeness (QED) is 0.624. The number of carbonyl (C=O) groups is 2. The number of anilines is 1. The van der Waals surface area contributed by atoms with Gasteiger partial charge < -0.3 is 14.8 Å². The molecule has 11 nitrogen and oxygen atoms in total. The zero-order valence-electron chi connectivity index (χ0n) is 17.9. The highest BCUT2D eigenvalue weighted by atomic mass is 32.2. The Balaban J connectivity index is 1.98. The number of nitrogens with zero attached hydrogens (tertiary/aromatic N) is 3. The van der Waals surface area contributed by atoms with Crippen LogP contribution in [0.5, 0.6) is 0 Å². The summed E-state index contributed by atoms with van der Waals surface area (Å²) in [6, 6.07) is 9.12. The molecule has 2 N–H and O–H groups in total. The van der Waals surface area contributed by atoms with Crippen LogP contribution in [0.3, 0.4) is 0 Å². The fourth-order valence-corrected chi connectivity index (χ4v) is 3.48. The van der Waals surface area contributed by atoms with Crippen molar-refractivity contribution in [2.24, 2.45) is 7.05 Å². The number of hydrogen-bond donors (Lipinski definition) is 2. The van der Waals surface area contributed by atoms with Crippen LogP contribution in [0, 0.1) is 0 Å². The van der Waals surface area contributed by atoms with E-state index in [1.807, 2.05) is 35.1 Å². The average Bonchev–Trinajstić information content (AvgIpc) is 3.07. The smallest absolute Gasteiger partial charge is 0.422 e. The highest BCUT2D eigenvalue weighted by Gasteiger charge is 2.28. The maximum Gasteiger partial charge on any atom is 0.422 e. The Morgan fingerprint density at radius 1 is 1.16 bits per heavy atom. The van der Waals surface area contributed by atoms with Crippen molar-refractivity contribution in [2.45, 2.75) is 33.0 Å². The highest BCUT2D eigenvalue weighted by Crippen LogP contribution is 2.16. The van der Waals surface area contributed by atoms with Crippen LogP contribution in [0.1, 0.15) is 26.3 Å². The number of nitrogens with one attached hydrogen (secondary N) is 2. The summed E-state index contributed by atoms with van der Waals surface area (Å²) in [5.41, 5.74) is 0.153. The molecule has 0 unspecified atom stereocenters. The van der Waals surface area contributed by atoms with E-state index in [9.17, 15) is 18.0 Å². The molecule has 0 saturated carbocycles. The Morgan fingerprint density at radius 3 is 2.42 bits per heavy atom. The Kier molecular flexibility index (Phi) is 7.86. The molecule has 12 heteroatoms. The largest absolute Gasteiger partial charge is 0.445 e. The molecule has 1 heterocycles. The molecule has 0 spiro atoms. The molecule has 2 amide bonds. The van der Waals surface area contributed by atoms with E-state index in [1.54, 1.807) is 27.8 Å². The Bertz CT molecular complexity index is 985. The van der Waals surface area contributed by atoms with Crippen molar-refractivity contribution in [2.75, 3.05) is 17.4 Å². The molecule has 0 bridgehead atoms. The van der Waals surface area contributed by atoms with Crippen molar-refractivity contribution in [3.63, 3.8) is 0 Å². The minimum atomic E-state index is -4.32. The van der Waals surface area contributed by atoms with E-state index in [0.717, 1.165) is 9.87 Å². The number of hydrogen-bond acceptors (Lipinski definition) is 7. The molecule has 1 aromatic carbocycles. The number of rotatable bonds is 8. The Morgan fingerprint density at radius 2 is 1.84 bits per heavy atom. The number of amides is 2. The van der Waals surface area contributed by atoms with Gasteiger partial charge in [0.1, 0.15) is 12.2 Å². The normalized spacial score (nSPS) is 11.5. The monoisotopic (exact) mass is 453 g/mol. The summed E-state index contributed by atoms with van der Waals surface area (Å²) in [6.45, 7) is 4.68. The molecule has 2 rings (SSSR count). The summed E-state index contributed by atoms with van der Waals surface area (Å²) in [7, 11) is -2.70. The van der Waals surface area contributed by atoms with E-state index < -0.39 is 28.0 Å². The van der Waals surface area contributed by atoms with Gasteiger partial charge in [0.25, 0.3) is 0 Å². The number of benzene rings is 1. The van der Waals surface area contributed by atoms with Crippen molar-refractivity contribution < 1.29 is 27.5 Å². The van der Waals surface area contributed by atoms with Crippen LogP contribution in [-0.4, -0.2) is 49.1 Å². The van der Waals surface area contributed by atoms with E-state index in [2.05, 4.69) is 10.4 Å². The predicted octanol–water partition coefficient (Wildman–Crippen LogP) is 1.92. The van der Waals surface area contributed by atoms with Crippen molar-refractivity contribution in [3.05, 3.63) is 48.3 Å². The molecule has 0 aliphatic carbocycles. The molecule has 0 aliphatic rings. The molecule has 0 atom stereocenters. The number of carbonyl (C=O) groups excluding carboxylic acids is 2. The van der Waals surface area contributed by atoms with E-state index >= 15 is 0 Å². The fraction of sp³-hybridized carbons (Fsp3) is 0.421. The van der Waals surface area contributed by atoms with Gasteiger partial charge in [0.15, 0.2) is 0 Å². The lowest BCUT2D eigenvalue weighted by Crippen LogP contribution is -2.47. The summed E-state index contributed by atoms with van der Waals surface area (Å²) < 4.78 is 39.8. The van der Waals surface area contributed by atoms with Crippen LogP contribution in [0.2, 0.25) is 0 Å². The molecule has 170 valence electrons. The summed E-state index contributed by atoms with van der Waals surface area (Å²) in [5, 5.41) is 6.44. The molecule has 0 saturated heterocycles. The van der Waals surface area contributed by atoms with Crippen molar-refractivity contribution >= 4 is 28.1 Å². The van der Waals surface area contributed by atoms with Gasteiger partial charge in [-0.15, -0.1) is 0 Å². The molecule has 0 fully saturated rings. The van der Waals surface area contributed by atoms with Gasteiger partial charge in [0.2, 0.25) is 0 Å². The zero-order chi connectivity index (χ0) is 23.1. The molecule has 1 aromatic heterocycles. The van der Waals surface area contributed by atoms with Crippen molar-refractivity contribution in [1.29, 1.82) is 0 Å². The van der Waals surface area contributed by atoms with Crippen LogP contribution in [0.25, 0.3) is 0 Å². The molecule has 2 aromatic rings. The van der Waals surface area contributed by atoms with E-state index in [4.69, 9.17) is 9.47 Å². The van der Waals surface area contributed by atoms with Crippen LogP contribution in [0.15, 0.2) is 42.7 Å². The van der Waals surface area contributed by atoms with Gasteiger partial charge in [-0.3, -0.25) is 4.68 Å². The average molecular weight is 454 g/mol. The SMILES string of the molecule is Cn1cc(N(CCNC(=O)OCc2ccccc2)S(=O)(=O)NC(=O)OC(C)(C)C)cn1. The minimum absolute atomic E-state index is 0.0717. The molecular formula is C19H27N5O6S.